The second-order valence-corrected chi connectivity index (χ2v) is 6.52. The van der Waals surface area contributed by atoms with E-state index < -0.39 is 0 Å². The van der Waals surface area contributed by atoms with E-state index in [4.69, 9.17) is 0 Å². The van der Waals surface area contributed by atoms with E-state index in [0.29, 0.717) is 6.42 Å². The highest BCUT2D eigenvalue weighted by molar-refractivity contribution is 5.92. The summed E-state index contributed by atoms with van der Waals surface area (Å²) in [6, 6.07) is 14.1. The van der Waals surface area contributed by atoms with Crippen LogP contribution in [0.1, 0.15) is 24.0 Å². The van der Waals surface area contributed by atoms with Gasteiger partial charge in [-0.3, -0.25) is 9.69 Å². The molecule has 2 heterocycles. The minimum atomic E-state index is 0.0416. The van der Waals surface area contributed by atoms with Crippen LogP contribution in [0.3, 0.4) is 0 Å². The Labute approximate surface area is 146 Å². The second kappa shape index (κ2) is 6.64. The highest BCUT2D eigenvalue weighted by Crippen LogP contribution is 2.22. The third kappa shape index (κ3) is 3.53. The standard InChI is InChI=1S/C19H21N5O/c1-23-21-17-9-8-16(11-18(17)22-23)20-19(25)7-4-10-24-12-14-5-2-3-6-15(14)13-24/h2-3,5-6,8-9,11H,4,7,10,12-13H2,1H3,(H,20,25). The molecule has 0 bridgehead atoms. The number of fused-ring (bicyclic) bond motifs is 2. The Kier molecular flexibility index (Phi) is 4.19. The second-order valence-electron chi connectivity index (χ2n) is 6.52. The number of amides is 1. The summed E-state index contributed by atoms with van der Waals surface area (Å²) in [5.74, 6) is 0.0416. The van der Waals surface area contributed by atoms with E-state index in [1.54, 1.807) is 7.05 Å². The lowest BCUT2D eigenvalue weighted by molar-refractivity contribution is -0.116. The molecule has 4 rings (SSSR count). The van der Waals surface area contributed by atoms with E-state index in [2.05, 4.69) is 44.7 Å². The van der Waals surface area contributed by atoms with Crippen molar-refractivity contribution in [2.24, 2.45) is 7.05 Å². The molecule has 0 unspecified atom stereocenters. The van der Waals surface area contributed by atoms with Crippen LogP contribution in [0.5, 0.6) is 0 Å². The molecule has 0 saturated heterocycles. The van der Waals surface area contributed by atoms with Gasteiger partial charge >= 0.3 is 0 Å². The smallest absolute Gasteiger partial charge is 0.224 e. The highest BCUT2D eigenvalue weighted by atomic mass is 16.1. The van der Waals surface area contributed by atoms with Crippen LogP contribution in [-0.2, 0) is 24.9 Å². The molecule has 128 valence electrons. The Balaban J connectivity index is 1.26. The van der Waals surface area contributed by atoms with E-state index in [1.165, 1.54) is 15.9 Å². The molecule has 2 aromatic carbocycles. The van der Waals surface area contributed by atoms with Crippen LogP contribution in [0, 0.1) is 0 Å². The SMILES string of the molecule is Cn1nc2ccc(NC(=O)CCCN3Cc4ccccc4C3)cc2n1. The predicted octanol–water partition coefficient (Wildman–Crippen LogP) is 2.70. The van der Waals surface area contributed by atoms with Gasteiger partial charge in [0, 0.05) is 32.2 Å². The number of nitrogens with one attached hydrogen (secondary N) is 1. The van der Waals surface area contributed by atoms with Crippen molar-refractivity contribution >= 4 is 22.6 Å². The van der Waals surface area contributed by atoms with Gasteiger partial charge in [0.1, 0.15) is 11.0 Å². The molecule has 6 nitrogen and oxygen atoms in total. The van der Waals surface area contributed by atoms with Gasteiger partial charge in [-0.1, -0.05) is 24.3 Å². The van der Waals surface area contributed by atoms with Crippen molar-refractivity contribution in [1.82, 2.24) is 19.9 Å². The van der Waals surface area contributed by atoms with Crippen LogP contribution in [0.15, 0.2) is 42.5 Å². The number of anilines is 1. The number of carbonyl (C=O) groups is 1. The number of nitrogens with zero attached hydrogens (tertiary/aromatic N) is 4. The van der Waals surface area contributed by atoms with E-state index in [1.807, 2.05) is 18.2 Å². The summed E-state index contributed by atoms with van der Waals surface area (Å²) in [5.41, 5.74) is 5.20. The monoisotopic (exact) mass is 335 g/mol. The fraction of sp³-hybridized carbons (Fsp3) is 0.316. The molecule has 1 aliphatic rings. The number of carbonyl (C=O) groups excluding carboxylic acids is 1. The average Bonchev–Trinajstić information content (AvgIpc) is 3.16. The van der Waals surface area contributed by atoms with Gasteiger partial charge in [-0.15, -0.1) is 0 Å². The first-order valence-corrected chi connectivity index (χ1v) is 8.57. The zero-order valence-corrected chi connectivity index (χ0v) is 14.3. The zero-order chi connectivity index (χ0) is 17.2. The van der Waals surface area contributed by atoms with Gasteiger partial charge in [-0.25, -0.2) is 0 Å². The lowest BCUT2D eigenvalue weighted by Crippen LogP contribution is -2.20. The van der Waals surface area contributed by atoms with Crippen molar-refractivity contribution in [2.75, 3.05) is 11.9 Å². The normalized spacial score (nSPS) is 14.0. The Bertz CT molecular complexity index is 892. The minimum absolute atomic E-state index is 0.0416. The van der Waals surface area contributed by atoms with Crippen molar-refractivity contribution in [3.8, 4) is 0 Å². The van der Waals surface area contributed by atoms with E-state index in [9.17, 15) is 4.79 Å². The molecule has 1 N–H and O–H groups in total. The molecule has 3 aromatic rings. The molecule has 1 amide bonds. The maximum absolute atomic E-state index is 12.2. The van der Waals surface area contributed by atoms with Crippen molar-refractivity contribution in [3.05, 3.63) is 53.6 Å². The van der Waals surface area contributed by atoms with E-state index in [0.717, 1.165) is 42.8 Å². The summed E-state index contributed by atoms with van der Waals surface area (Å²) in [5, 5.41) is 11.4. The minimum Gasteiger partial charge on any atom is -0.326 e. The van der Waals surface area contributed by atoms with Crippen molar-refractivity contribution in [3.63, 3.8) is 0 Å². The average molecular weight is 335 g/mol. The molecular weight excluding hydrogens is 314 g/mol. The lowest BCUT2D eigenvalue weighted by atomic mass is 10.1. The fourth-order valence-corrected chi connectivity index (χ4v) is 3.35. The molecule has 0 spiro atoms. The Morgan fingerprint density at radius 3 is 2.56 bits per heavy atom. The van der Waals surface area contributed by atoms with Crippen LogP contribution < -0.4 is 5.32 Å². The largest absolute Gasteiger partial charge is 0.326 e. The Morgan fingerprint density at radius 1 is 1.08 bits per heavy atom. The lowest BCUT2D eigenvalue weighted by Gasteiger charge is -2.14. The molecule has 0 saturated carbocycles. The van der Waals surface area contributed by atoms with Crippen molar-refractivity contribution in [2.45, 2.75) is 25.9 Å². The maximum Gasteiger partial charge on any atom is 0.224 e. The summed E-state index contributed by atoms with van der Waals surface area (Å²) < 4.78 is 0. The maximum atomic E-state index is 12.2. The van der Waals surface area contributed by atoms with E-state index >= 15 is 0 Å². The van der Waals surface area contributed by atoms with Crippen LogP contribution in [0.2, 0.25) is 0 Å². The van der Waals surface area contributed by atoms with Gasteiger partial charge in [-0.05, 0) is 42.3 Å². The highest BCUT2D eigenvalue weighted by Gasteiger charge is 2.17. The predicted molar refractivity (Wildman–Crippen MR) is 96.9 cm³/mol. The molecule has 0 atom stereocenters. The van der Waals surface area contributed by atoms with Gasteiger partial charge in [-0.2, -0.15) is 15.0 Å². The van der Waals surface area contributed by atoms with Gasteiger partial charge in [0.15, 0.2) is 0 Å². The van der Waals surface area contributed by atoms with Crippen molar-refractivity contribution < 1.29 is 4.79 Å². The van der Waals surface area contributed by atoms with E-state index in [-0.39, 0.29) is 5.91 Å². The third-order valence-corrected chi connectivity index (χ3v) is 4.55. The topological polar surface area (TPSA) is 63.1 Å². The van der Waals surface area contributed by atoms with Gasteiger partial charge in [0.25, 0.3) is 0 Å². The molecular formula is C19H21N5O. The first kappa shape index (κ1) is 15.8. The molecule has 1 aliphatic heterocycles. The van der Waals surface area contributed by atoms with Gasteiger partial charge in [0.05, 0.1) is 0 Å². The first-order valence-electron chi connectivity index (χ1n) is 8.57. The Hall–Kier alpha value is -2.73. The van der Waals surface area contributed by atoms with Gasteiger partial charge in [0.2, 0.25) is 5.91 Å². The third-order valence-electron chi connectivity index (χ3n) is 4.55. The molecule has 0 aliphatic carbocycles. The fourth-order valence-electron chi connectivity index (χ4n) is 3.35. The van der Waals surface area contributed by atoms with Gasteiger partial charge < -0.3 is 5.32 Å². The van der Waals surface area contributed by atoms with Crippen LogP contribution in [0.4, 0.5) is 5.69 Å². The summed E-state index contributed by atoms with van der Waals surface area (Å²) in [6.07, 6.45) is 1.37. The number of hydrogen-bond donors (Lipinski definition) is 1. The van der Waals surface area contributed by atoms with Crippen LogP contribution in [0.25, 0.3) is 11.0 Å². The number of aryl methyl sites for hydroxylation is 1. The van der Waals surface area contributed by atoms with Crippen molar-refractivity contribution in [1.29, 1.82) is 0 Å². The summed E-state index contributed by atoms with van der Waals surface area (Å²) in [4.78, 5) is 16.1. The number of rotatable bonds is 5. The van der Waals surface area contributed by atoms with Crippen LogP contribution in [-0.4, -0.2) is 32.3 Å². The number of hydrogen-bond acceptors (Lipinski definition) is 4. The quantitative estimate of drug-likeness (QED) is 0.779. The number of aromatic nitrogens is 3. The zero-order valence-electron chi connectivity index (χ0n) is 14.3. The molecule has 25 heavy (non-hydrogen) atoms. The molecule has 0 fully saturated rings. The molecule has 0 radical (unpaired) electrons. The summed E-state index contributed by atoms with van der Waals surface area (Å²) in [7, 11) is 1.79. The molecule has 6 heteroatoms. The molecule has 1 aromatic heterocycles. The first-order chi connectivity index (χ1) is 12.2. The summed E-state index contributed by atoms with van der Waals surface area (Å²) in [6.45, 7) is 2.91. The Morgan fingerprint density at radius 2 is 1.80 bits per heavy atom. The number of benzene rings is 2. The van der Waals surface area contributed by atoms with Crippen LogP contribution >= 0.6 is 0 Å². The summed E-state index contributed by atoms with van der Waals surface area (Å²) >= 11 is 0.